The van der Waals surface area contributed by atoms with Crippen molar-refractivity contribution in [2.45, 2.75) is 0 Å². The van der Waals surface area contributed by atoms with Gasteiger partial charge < -0.3 is 0 Å². The molecule has 0 aliphatic rings. The Balaban J connectivity index is 2.97. The fourth-order valence-electron chi connectivity index (χ4n) is 1.11. The van der Waals surface area contributed by atoms with Crippen LogP contribution in [0.3, 0.4) is 0 Å². The molecule has 0 N–H and O–H groups in total. The van der Waals surface area contributed by atoms with Crippen molar-refractivity contribution in [1.82, 2.24) is 9.61 Å². The molecule has 0 atom stereocenters. The van der Waals surface area contributed by atoms with Gasteiger partial charge in [0.2, 0.25) is 0 Å². The van der Waals surface area contributed by atoms with Gasteiger partial charge in [0.1, 0.15) is 17.3 Å². The van der Waals surface area contributed by atoms with Crippen LogP contribution in [0, 0.1) is 17.1 Å². The van der Waals surface area contributed by atoms with Crippen LogP contribution < -0.4 is 0 Å². The zero-order valence-electron chi connectivity index (χ0n) is 6.33. The summed E-state index contributed by atoms with van der Waals surface area (Å²) < 4.78 is 14.2. The summed E-state index contributed by atoms with van der Waals surface area (Å²) in [6.07, 6.45) is 1.03. The summed E-state index contributed by atoms with van der Waals surface area (Å²) in [6.45, 7) is 0. The van der Waals surface area contributed by atoms with Gasteiger partial charge in [-0.05, 0) is 12.1 Å². The molecule has 64 valence electrons. The fourth-order valence-corrected chi connectivity index (χ4v) is 1.35. The van der Waals surface area contributed by atoms with Gasteiger partial charge >= 0.3 is 0 Å². The van der Waals surface area contributed by atoms with E-state index in [4.69, 9.17) is 16.9 Å². The van der Waals surface area contributed by atoms with E-state index in [9.17, 15) is 4.39 Å². The Kier molecular flexibility index (Phi) is 1.67. The number of hydrogen-bond donors (Lipinski definition) is 0. The SMILES string of the molecule is N#Cc1ccc(Cl)c2c(F)cnn12. The minimum atomic E-state index is -0.526. The number of aromatic nitrogens is 2. The van der Waals surface area contributed by atoms with Gasteiger partial charge in [-0.15, -0.1) is 0 Å². The summed E-state index contributed by atoms with van der Waals surface area (Å²) in [7, 11) is 0. The first-order valence-electron chi connectivity index (χ1n) is 3.46. The largest absolute Gasteiger partial charge is 0.218 e. The van der Waals surface area contributed by atoms with Crippen molar-refractivity contribution in [1.29, 1.82) is 5.26 Å². The maximum atomic E-state index is 13.0. The van der Waals surface area contributed by atoms with Crippen molar-refractivity contribution in [3.8, 4) is 6.07 Å². The van der Waals surface area contributed by atoms with Gasteiger partial charge in [-0.25, -0.2) is 8.91 Å². The highest BCUT2D eigenvalue weighted by atomic mass is 35.5. The molecule has 5 heteroatoms. The normalized spacial score (nSPS) is 10.2. The van der Waals surface area contributed by atoms with Gasteiger partial charge in [-0.1, -0.05) is 11.6 Å². The zero-order valence-corrected chi connectivity index (χ0v) is 7.09. The predicted octanol–water partition coefficient (Wildman–Crippen LogP) is 2.00. The Morgan fingerprint density at radius 1 is 1.54 bits per heavy atom. The second kappa shape index (κ2) is 2.71. The van der Waals surface area contributed by atoms with Crippen molar-refractivity contribution in [2.24, 2.45) is 0 Å². The zero-order chi connectivity index (χ0) is 9.42. The van der Waals surface area contributed by atoms with Crippen molar-refractivity contribution in [3.05, 3.63) is 34.9 Å². The van der Waals surface area contributed by atoms with Gasteiger partial charge in [-0.2, -0.15) is 10.4 Å². The minimum absolute atomic E-state index is 0.140. The highest BCUT2D eigenvalue weighted by Crippen LogP contribution is 2.20. The Hall–Kier alpha value is -1.60. The predicted molar refractivity (Wildman–Crippen MR) is 44.9 cm³/mol. The topological polar surface area (TPSA) is 41.1 Å². The van der Waals surface area contributed by atoms with Gasteiger partial charge in [-0.3, -0.25) is 0 Å². The van der Waals surface area contributed by atoms with Crippen LogP contribution in [-0.2, 0) is 0 Å². The lowest BCUT2D eigenvalue weighted by Gasteiger charge is -1.97. The third kappa shape index (κ3) is 1.05. The molecule has 0 fully saturated rings. The van der Waals surface area contributed by atoms with Gasteiger partial charge in [0.15, 0.2) is 5.82 Å². The van der Waals surface area contributed by atoms with E-state index in [2.05, 4.69) is 5.10 Å². The van der Waals surface area contributed by atoms with Crippen molar-refractivity contribution < 1.29 is 4.39 Å². The molecule has 0 bridgehead atoms. The Morgan fingerprint density at radius 3 is 3.00 bits per heavy atom. The average Bonchev–Trinajstić information content (AvgIpc) is 2.50. The van der Waals surface area contributed by atoms with Crippen LogP contribution in [0.2, 0.25) is 5.02 Å². The first kappa shape index (κ1) is 8.02. The van der Waals surface area contributed by atoms with Gasteiger partial charge in [0, 0.05) is 0 Å². The Morgan fingerprint density at radius 2 is 2.31 bits per heavy atom. The Labute approximate surface area is 78.0 Å². The molecule has 13 heavy (non-hydrogen) atoms. The molecule has 0 amide bonds. The van der Waals surface area contributed by atoms with E-state index in [1.165, 1.54) is 16.6 Å². The van der Waals surface area contributed by atoms with Crippen LogP contribution in [0.4, 0.5) is 4.39 Å². The summed E-state index contributed by atoms with van der Waals surface area (Å²) in [5.41, 5.74) is 0.393. The van der Waals surface area contributed by atoms with Crippen molar-refractivity contribution in [3.63, 3.8) is 0 Å². The molecular weight excluding hydrogens is 193 g/mol. The van der Waals surface area contributed by atoms with E-state index in [1.54, 1.807) is 0 Å². The lowest BCUT2D eigenvalue weighted by molar-refractivity contribution is 0.639. The number of fused-ring (bicyclic) bond motifs is 1. The number of hydrogen-bond acceptors (Lipinski definition) is 2. The summed E-state index contributed by atoms with van der Waals surface area (Å²) in [5, 5.41) is 12.6. The monoisotopic (exact) mass is 195 g/mol. The quantitative estimate of drug-likeness (QED) is 0.645. The Bertz CT molecular complexity index is 512. The summed E-state index contributed by atoms with van der Waals surface area (Å²) >= 11 is 5.72. The van der Waals surface area contributed by atoms with E-state index in [0.29, 0.717) is 0 Å². The first-order valence-corrected chi connectivity index (χ1v) is 3.83. The molecule has 0 radical (unpaired) electrons. The molecule has 2 aromatic rings. The maximum Gasteiger partial charge on any atom is 0.170 e. The summed E-state index contributed by atoms with van der Waals surface area (Å²) in [5.74, 6) is -0.526. The van der Waals surface area contributed by atoms with E-state index >= 15 is 0 Å². The van der Waals surface area contributed by atoms with Crippen LogP contribution in [0.15, 0.2) is 18.3 Å². The number of pyridine rings is 1. The molecule has 0 aromatic carbocycles. The van der Waals surface area contributed by atoms with Crippen LogP contribution in [0.1, 0.15) is 5.69 Å². The fraction of sp³-hybridized carbons (Fsp3) is 0. The number of nitriles is 1. The standard InChI is InChI=1S/C8H3ClFN3/c9-6-2-1-5(3-11)13-8(6)7(10)4-12-13/h1-2,4H. The molecular formula is C8H3ClFN3. The lowest BCUT2D eigenvalue weighted by atomic mass is 10.3. The van der Waals surface area contributed by atoms with Crippen LogP contribution in [0.25, 0.3) is 5.52 Å². The first-order chi connectivity index (χ1) is 6.24. The molecule has 2 heterocycles. The smallest absolute Gasteiger partial charge is 0.170 e. The maximum absolute atomic E-state index is 13.0. The average molecular weight is 196 g/mol. The van der Waals surface area contributed by atoms with E-state index < -0.39 is 5.82 Å². The van der Waals surface area contributed by atoms with Crippen LogP contribution in [0.5, 0.6) is 0 Å². The molecule has 0 saturated carbocycles. The third-order valence-electron chi connectivity index (χ3n) is 1.68. The van der Waals surface area contributed by atoms with E-state index in [0.717, 1.165) is 6.20 Å². The summed E-state index contributed by atoms with van der Waals surface area (Å²) in [6, 6.07) is 4.85. The molecule has 0 spiro atoms. The van der Waals surface area contributed by atoms with E-state index in [1.807, 2.05) is 6.07 Å². The highest BCUT2D eigenvalue weighted by Gasteiger charge is 2.10. The summed E-state index contributed by atoms with van der Waals surface area (Å²) in [4.78, 5) is 0. The molecule has 0 aliphatic heterocycles. The lowest BCUT2D eigenvalue weighted by Crippen LogP contribution is -1.93. The molecule has 0 unspecified atom stereocenters. The number of rotatable bonds is 0. The van der Waals surface area contributed by atoms with Crippen LogP contribution in [-0.4, -0.2) is 9.61 Å². The molecule has 2 aromatic heterocycles. The third-order valence-corrected chi connectivity index (χ3v) is 1.99. The van der Waals surface area contributed by atoms with E-state index in [-0.39, 0.29) is 16.2 Å². The number of nitrogens with zero attached hydrogens (tertiary/aromatic N) is 3. The van der Waals surface area contributed by atoms with Gasteiger partial charge in [0.25, 0.3) is 0 Å². The van der Waals surface area contributed by atoms with Crippen molar-refractivity contribution in [2.75, 3.05) is 0 Å². The second-order valence-electron chi connectivity index (χ2n) is 2.43. The molecule has 0 saturated heterocycles. The highest BCUT2D eigenvalue weighted by molar-refractivity contribution is 6.33. The van der Waals surface area contributed by atoms with Gasteiger partial charge in [0.05, 0.1) is 11.2 Å². The van der Waals surface area contributed by atoms with Crippen molar-refractivity contribution >= 4 is 17.1 Å². The van der Waals surface area contributed by atoms with Crippen LogP contribution >= 0.6 is 11.6 Å². The molecule has 2 rings (SSSR count). The number of halogens is 2. The second-order valence-corrected chi connectivity index (χ2v) is 2.84. The molecule has 0 aliphatic carbocycles. The minimum Gasteiger partial charge on any atom is -0.218 e. The molecule has 3 nitrogen and oxygen atoms in total.